The monoisotopic (exact) mass is 409 g/mol. The Morgan fingerprint density at radius 1 is 1.36 bits per heavy atom. The first kappa shape index (κ1) is 18.9. The van der Waals surface area contributed by atoms with Crippen LogP contribution in [0.3, 0.4) is 0 Å². The quantitative estimate of drug-likeness (QED) is 0.571. The molecule has 5 nitrogen and oxygen atoms in total. The molecular formula is C21H19N3O2S2. The molecule has 1 atom stereocenters. The van der Waals surface area contributed by atoms with E-state index in [0.29, 0.717) is 22.8 Å². The highest BCUT2D eigenvalue weighted by atomic mass is 32.2. The average Bonchev–Trinajstić information content (AvgIpc) is 3.40. The van der Waals surface area contributed by atoms with Crippen molar-refractivity contribution in [2.24, 2.45) is 0 Å². The van der Waals surface area contributed by atoms with E-state index in [0.717, 1.165) is 34.6 Å². The highest BCUT2D eigenvalue weighted by molar-refractivity contribution is 7.98. The van der Waals surface area contributed by atoms with Crippen molar-refractivity contribution in [2.75, 3.05) is 24.3 Å². The lowest BCUT2D eigenvalue weighted by atomic mass is 10.1. The van der Waals surface area contributed by atoms with E-state index in [1.165, 1.54) is 11.3 Å². The van der Waals surface area contributed by atoms with E-state index >= 15 is 0 Å². The zero-order valence-corrected chi connectivity index (χ0v) is 17.1. The number of thiazole rings is 1. The van der Waals surface area contributed by atoms with E-state index < -0.39 is 0 Å². The van der Waals surface area contributed by atoms with Crippen molar-refractivity contribution in [1.82, 2.24) is 4.98 Å². The lowest BCUT2D eigenvalue weighted by Crippen LogP contribution is -2.37. The van der Waals surface area contributed by atoms with E-state index in [9.17, 15) is 4.79 Å². The van der Waals surface area contributed by atoms with Gasteiger partial charge in [0.25, 0.3) is 5.91 Å². The Labute approximate surface area is 171 Å². The number of aromatic nitrogens is 1. The minimum absolute atomic E-state index is 0.0226. The van der Waals surface area contributed by atoms with Crippen molar-refractivity contribution >= 4 is 44.4 Å². The zero-order chi connectivity index (χ0) is 19.5. The Kier molecular flexibility index (Phi) is 5.62. The topological polar surface area (TPSA) is 66.2 Å². The van der Waals surface area contributed by atoms with Gasteiger partial charge >= 0.3 is 0 Å². The van der Waals surface area contributed by atoms with Crippen molar-refractivity contribution in [1.29, 1.82) is 5.26 Å². The fourth-order valence-electron chi connectivity index (χ4n) is 3.27. The fourth-order valence-corrected chi connectivity index (χ4v) is 4.90. The lowest BCUT2D eigenvalue weighted by Gasteiger charge is -2.23. The molecule has 1 amide bonds. The molecule has 4 rings (SSSR count). The third kappa shape index (κ3) is 3.76. The first-order valence-corrected chi connectivity index (χ1v) is 11.1. The molecule has 0 unspecified atom stereocenters. The minimum atomic E-state index is -0.121. The molecule has 0 saturated carbocycles. The zero-order valence-electron chi connectivity index (χ0n) is 15.4. The van der Waals surface area contributed by atoms with Gasteiger partial charge in [0.05, 0.1) is 34.5 Å². The van der Waals surface area contributed by atoms with Gasteiger partial charge in [0.15, 0.2) is 5.13 Å². The number of benzene rings is 2. The highest BCUT2D eigenvalue weighted by Crippen LogP contribution is 2.35. The molecule has 1 fully saturated rings. The number of nitriles is 1. The van der Waals surface area contributed by atoms with E-state index in [2.05, 4.69) is 6.07 Å². The summed E-state index contributed by atoms with van der Waals surface area (Å²) < 4.78 is 6.84. The molecule has 0 aliphatic carbocycles. The first-order valence-electron chi connectivity index (χ1n) is 9.07. The van der Waals surface area contributed by atoms with Crippen LogP contribution in [-0.2, 0) is 4.74 Å². The number of anilines is 1. The second-order valence-electron chi connectivity index (χ2n) is 6.54. The number of carbonyl (C=O) groups is 1. The predicted molar refractivity (Wildman–Crippen MR) is 113 cm³/mol. The number of amides is 1. The van der Waals surface area contributed by atoms with Crippen LogP contribution in [-0.4, -0.2) is 36.4 Å². The molecule has 28 heavy (non-hydrogen) atoms. The average molecular weight is 410 g/mol. The summed E-state index contributed by atoms with van der Waals surface area (Å²) in [7, 11) is 0. The van der Waals surface area contributed by atoms with Gasteiger partial charge < -0.3 is 4.74 Å². The van der Waals surface area contributed by atoms with Crippen molar-refractivity contribution in [3.8, 4) is 6.07 Å². The van der Waals surface area contributed by atoms with Gasteiger partial charge in [0.2, 0.25) is 0 Å². The van der Waals surface area contributed by atoms with E-state index in [4.69, 9.17) is 15.0 Å². The third-order valence-electron chi connectivity index (χ3n) is 4.74. The van der Waals surface area contributed by atoms with Crippen LogP contribution in [0, 0.1) is 11.3 Å². The van der Waals surface area contributed by atoms with Gasteiger partial charge in [0.1, 0.15) is 0 Å². The number of rotatable bonds is 5. The minimum Gasteiger partial charge on any atom is -0.376 e. The van der Waals surface area contributed by atoms with Gasteiger partial charge in [-0.3, -0.25) is 9.69 Å². The summed E-state index contributed by atoms with van der Waals surface area (Å²) >= 11 is 3.17. The third-order valence-corrected chi connectivity index (χ3v) is 6.55. The molecule has 2 aromatic carbocycles. The molecular weight excluding hydrogens is 390 g/mol. The van der Waals surface area contributed by atoms with Crippen molar-refractivity contribution in [2.45, 2.75) is 23.8 Å². The predicted octanol–water partition coefficient (Wildman–Crippen LogP) is 4.72. The summed E-state index contributed by atoms with van der Waals surface area (Å²) in [4.78, 5) is 20.9. The number of thioether (sulfide) groups is 1. The molecule has 0 N–H and O–H groups in total. The molecule has 1 aromatic heterocycles. The van der Waals surface area contributed by atoms with Gasteiger partial charge in [-0.2, -0.15) is 5.26 Å². The fraction of sp³-hybridized carbons (Fsp3) is 0.286. The van der Waals surface area contributed by atoms with Gasteiger partial charge in [-0.05, 0) is 55.5 Å². The SMILES string of the molecule is CSc1cccc2sc(N(C[C@H]3CCCO3)C(=O)c3ccc(C#N)cc3)nc12. The molecule has 1 aliphatic rings. The largest absolute Gasteiger partial charge is 0.376 e. The van der Waals surface area contributed by atoms with Gasteiger partial charge in [-0.25, -0.2) is 4.98 Å². The van der Waals surface area contributed by atoms with Crippen molar-refractivity contribution in [3.63, 3.8) is 0 Å². The Hall–Kier alpha value is -2.40. The molecule has 142 valence electrons. The summed E-state index contributed by atoms with van der Waals surface area (Å²) in [5.41, 5.74) is 2.01. The van der Waals surface area contributed by atoms with Gasteiger partial charge in [-0.15, -0.1) is 11.8 Å². The molecule has 1 aliphatic heterocycles. The van der Waals surface area contributed by atoms with E-state index in [1.54, 1.807) is 40.9 Å². The maximum Gasteiger partial charge on any atom is 0.260 e. The van der Waals surface area contributed by atoms with Gasteiger partial charge in [-0.1, -0.05) is 17.4 Å². The number of carbonyl (C=O) groups excluding carboxylic acids is 1. The van der Waals surface area contributed by atoms with E-state index in [-0.39, 0.29) is 12.0 Å². The number of ether oxygens (including phenoxy) is 1. The molecule has 7 heteroatoms. The number of nitrogens with zero attached hydrogens (tertiary/aromatic N) is 3. The number of hydrogen-bond donors (Lipinski definition) is 0. The number of hydrogen-bond acceptors (Lipinski definition) is 6. The molecule has 0 radical (unpaired) electrons. The Morgan fingerprint density at radius 2 is 2.18 bits per heavy atom. The van der Waals surface area contributed by atoms with E-state index in [1.807, 2.05) is 24.5 Å². The maximum atomic E-state index is 13.3. The molecule has 2 heterocycles. The van der Waals surface area contributed by atoms with Gasteiger partial charge in [0, 0.05) is 17.1 Å². The van der Waals surface area contributed by atoms with Crippen LogP contribution >= 0.6 is 23.1 Å². The summed E-state index contributed by atoms with van der Waals surface area (Å²) in [5.74, 6) is -0.121. The Balaban J connectivity index is 1.72. The lowest BCUT2D eigenvalue weighted by molar-refractivity contribution is 0.0917. The molecule has 0 spiro atoms. The smallest absolute Gasteiger partial charge is 0.260 e. The summed E-state index contributed by atoms with van der Waals surface area (Å²) in [6.45, 7) is 1.22. The summed E-state index contributed by atoms with van der Waals surface area (Å²) in [5, 5.41) is 9.68. The Bertz CT molecular complexity index is 1030. The number of para-hydroxylation sites is 1. The second-order valence-corrected chi connectivity index (χ2v) is 8.40. The maximum absolute atomic E-state index is 13.3. The standard InChI is InChI=1S/C21H19N3O2S2/c1-27-17-5-2-6-18-19(17)23-21(28-18)24(13-16-4-3-11-26-16)20(25)15-9-7-14(12-22)8-10-15/h2,5-10,16H,3-4,11,13H2,1H3/t16-/m1/s1. The first-order chi connectivity index (χ1) is 13.7. The van der Waals surface area contributed by atoms with Crippen LogP contribution in [0.4, 0.5) is 5.13 Å². The van der Waals surface area contributed by atoms with Crippen LogP contribution in [0.15, 0.2) is 47.4 Å². The Morgan fingerprint density at radius 3 is 2.86 bits per heavy atom. The molecule has 3 aromatic rings. The van der Waals surface area contributed by atoms with Crippen LogP contribution in [0.1, 0.15) is 28.8 Å². The molecule has 1 saturated heterocycles. The molecule has 0 bridgehead atoms. The van der Waals surface area contributed by atoms with Crippen LogP contribution < -0.4 is 4.90 Å². The van der Waals surface area contributed by atoms with Crippen LogP contribution in [0.25, 0.3) is 10.2 Å². The van der Waals surface area contributed by atoms with Crippen molar-refractivity contribution < 1.29 is 9.53 Å². The highest BCUT2D eigenvalue weighted by Gasteiger charge is 2.27. The summed E-state index contributed by atoms with van der Waals surface area (Å²) in [6, 6.07) is 14.9. The second kappa shape index (κ2) is 8.31. The summed E-state index contributed by atoms with van der Waals surface area (Å²) in [6.07, 6.45) is 4.01. The normalized spacial score (nSPS) is 16.2. The number of fused-ring (bicyclic) bond motifs is 1. The van der Waals surface area contributed by atoms with Crippen LogP contribution in [0.5, 0.6) is 0 Å². The van der Waals surface area contributed by atoms with Crippen LogP contribution in [0.2, 0.25) is 0 Å². The van der Waals surface area contributed by atoms with Crippen molar-refractivity contribution in [3.05, 3.63) is 53.6 Å².